The van der Waals surface area contributed by atoms with Gasteiger partial charge in [-0.05, 0) is 56.5 Å². The number of halogens is 1. The van der Waals surface area contributed by atoms with Crippen LogP contribution >= 0.6 is 11.6 Å². The fourth-order valence-corrected chi connectivity index (χ4v) is 4.78. The molecule has 2 heterocycles. The molecule has 2 aromatic rings. The largest absolute Gasteiger partial charge is 0.330 e. The number of carbonyl (C=O) groups excluding carboxylic acids is 3. The Balaban J connectivity index is 1.66. The molecule has 31 heavy (non-hydrogen) atoms. The van der Waals surface area contributed by atoms with Crippen molar-refractivity contribution in [1.82, 2.24) is 9.80 Å². The molecule has 4 rings (SSSR count). The van der Waals surface area contributed by atoms with Crippen molar-refractivity contribution in [3.05, 3.63) is 70.2 Å². The Bertz CT molecular complexity index is 1090. The van der Waals surface area contributed by atoms with E-state index in [4.69, 9.17) is 11.6 Å². The summed E-state index contributed by atoms with van der Waals surface area (Å²) in [4.78, 5) is 41.7. The molecule has 0 unspecified atom stereocenters. The van der Waals surface area contributed by atoms with Crippen LogP contribution in [-0.2, 0) is 4.79 Å². The Morgan fingerprint density at radius 2 is 1.74 bits per heavy atom. The van der Waals surface area contributed by atoms with Crippen LogP contribution in [0.4, 0.5) is 0 Å². The zero-order valence-corrected chi connectivity index (χ0v) is 18.1. The second kappa shape index (κ2) is 7.82. The lowest BCUT2D eigenvalue weighted by Gasteiger charge is -2.37. The fourth-order valence-electron chi connectivity index (χ4n) is 4.58. The van der Waals surface area contributed by atoms with Crippen molar-refractivity contribution in [1.29, 1.82) is 5.26 Å². The van der Waals surface area contributed by atoms with Gasteiger partial charge in [0.15, 0.2) is 0 Å². The Morgan fingerprint density at radius 3 is 2.32 bits per heavy atom. The Labute approximate surface area is 186 Å². The van der Waals surface area contributed by atoms with E-state index in [9.17, 15) is 19.6 Å². The highest BCUT2D eigenvalue weighted by Crippen LogP contribution is 2.43. The first-order valence-electron chi connectivity index (χ1n) is 10.2. The third kappa shape index (κ3) is 3.60. The summed E-state index contributed by atoms with van der Waals surface area (Å²) in [7, 11) is 0. The van der Waals surface area contributed by atoms with Gasteiger partial charge in [0, 0.05) is 5.02 Å². The molecule has 0 aliphatic carbocycles. The van der Waals surface area contributed by atoms with Gasteiger partial charge < -0.3 is 4.90 Å². The molecule has 2 aromatic carbocycles. The molecule has 3 amide bonds. The Kier molecular flexibility index (Phi) is 5.32. The van der Waals surface area contributed by atoms with E-state index in [2.05, 4.69) is 6.07 Å². The van der Waals surface area contributed by atoms with Crippen molar-refractivity contribution in [2.75, 3.05) is 6.54 Å². The minimum Gasteiger partial charge on any atom is -0.330 e. The minimum absolute atomic E-state index is 0.279. The normalized spacial score (nSPS) is 20.7. The van der Waals surface area contributed by atoms with Gasteiger partial charge in [-0.1, -0.05) is 35.9 Å². The van der Waals surface area contributed by atoms with Crippen LogP contribution in [0, 0.1) is 16.7 Å². The molecule has 2 aliphatic heterocycles. The van der Waals surface area contributed by atoms with E-state index in [1.54, 1.807) is 49.1 Å². The molecule has 158 valence electrons. The molecule has 7 heteroatoms. The van der Waals surface area contributed by atoms with Crippen LogP contribution in [0.2, 0.25) is 5.02 Å². The zero-order valence-electron chi connectivity index (χ0n) is 17.3. The highest BCUT2D eigenvalue weighted by atomic mass is 35.5. The van der Waals surface area contributed by atoms with E-state index in [0.717, 1.165) is 10.5 Å². The fraction of sp³-hybridized carbons (Fsp3) is 0.333. The smallest absolute Gasteiger partial charge is 0.262 e. The van der Waals surface area contributed by atoms with Crippen molar-refractivity contribution in [3.63, 3.8) is 0 Å². The molecule has 2 atom stereocenters. The lowest BCUT2D eigenvalue weighted by Crippen LogP contribution is -2.49. The van der Waals surface area contributed by atoms with Crippen molar-refractivity contribution in [3.8, 4) is 6.07 Å². The highest BCUT2D eigenvalue weighted by Gasteiger charge is 2.47. The van der Waals surface area contributed by atoms with Crippen LogP contribution in [0.15, 0.2) is 48.5 Å². The van der Waals surface area contributed by atoms with Crippen molar-refractivity contribution in [2.24, 2.45) is 5.41 Å². The molecule has 0 spiro atoms. The van der Waals surface area contributed by atoms with Crippen molar-refractivity contribution in [2.45, 2.75) is 38.8 Å². The van der Waals surface area contributed by atoms with E-state index in [0.29, 0.717) is 29.0 Å². The summed E-state index contributed by atoms with van der Waals surface area (Å²) in [6.45, 7) is 3.25. The first-order valence-corrected chi connectivity index (χ1v) is 10.6. The quantitative estimate of drug-likeness (QED) is 0.673. The maximum atomic E-state index is 13.5. The number of carbonyl (C=O) groups is 3. The molecule has 0 bridgehead atoms. The summed E-state index contributed by atoms with van der Waals surface area (Å²) in [5.74, 6) is -1.29. The van der Waals surface area contributed by atoms with Gasteiger partial charge in [-0.3, -0.25) is 19.3 Å². The number of hydrogen-bond donors (Lipinski definition) is 0. The number of nitrogens with zero attached hydrogens (tertiary/aromatic N) is 3. The van der Waals surface area contributed by atoms with Crippen LogP contribution in [-0.4, -0.2) is 40.1 Å². The zero-order chi connectivity index (χ0) is 22.3. The summed E-state index contributed by atoms with van der Waals surface area (Å²) >= 11 is 6.18. The summed E-state index contributed by atoms with van der Waals surface area (Å²) in [5.41, 5.74) is 0.703. The number of rotatable bonds is 4. The summed E-state index contributed by atoms with van der Waals surface area (Å²) in [6.07, 6.45) is 1.32. The van der Waals surface area contributed by atoms with Crippen molar-refractivity contribution >= 4 is 29.3 Å². The van der Waals surface area contributed by atoms with Crippen LogP contribution in [0.1, 0.15) is 59.0 Å². The van der Waals surface area contributed by atoms with Gasteiger partial charge >= 0.3 is 0 Å². The van der Waals surface area contributed by atoms with Crippen LogP contribution in [0.5, 0.6) is 0 Å². The van der Waals surface area contributed by atoms with Crippen molar-refractivity contribution < 1.29 is 14.4 Å². The molecule has 0 saturated carbocycles. The maximum Gasteiger partial charge on any atom is 0.262 e. The van der Waals surface area contributed by atoms with Gasteiger partial charge in [0.05, 0.1) is 34.7 Å². The van der Waals surface area contributed by atoms with Gasteiger partial charge in [0.1, 0.15) is 6.54 Å². The highest BCUT2D eigenvalue weighted by molar-refractivity contribution is 6.30. The van der Waals surface area contributed by atoms with Crippen LogP contribution < -0.4 is 0 Å². The molecule has 6 nitrogen and oxygen atoms in total. The molecule has 1 fully saturated rings. The van der Waals surface area contributed by atoms with E-state index < -0.39 is 17.2 Å². The first-order chi connectivity index (χ1) is 14.7. The number of hydrogen-bond acceptors (Lipinski definition) is 4. The van der Waals surface area contributed by atoms with E-state index in [1.807, 2.05) is 18.2 Å². The molecule has 0 radical (unpaired) electrons. The van der Waals surface area contributed by atoms with E-state index in [1.165, 1.54) is 0 Å². The number of benzene rings is 2. The van der Waals surface area contributed by atoms with E-state index in [-0.39, 0.29) is 24.5 Å². The summed E-state index contributed by atoms with van der Waals surface area (Å²) < 4.78 is 0. The van der Waals surface area contributed by atoms with Gasteiger partial charge in [0.25, 0.3) is 11.8 Å². The topological polar surface area (TPSA) is 81.5 Å². The second-order valence-corrected chi connectivity index (χ2v) is 8.98. The predicted molar refractivity (Wildman–Crippen MR) is 115 cm³/mol. The monoisotopic (exact) mass is 435 g/mol. The summed E-state index contributed by atoms with van der Waals surface area (Å²) in [6, 6.07) is 15.6. The molecular formula is C24H22ClN3O3. The number of nitriles is 1. The average molecular weight is 436 g/mol. The van der Waals surface area contributed by atoms with E-state index >= 15 is 0 Å². The van der Waals surface area contributed by atoms with Gasteiger partial charge in [0.2, 0.25) is 5.91 Å². The third-order valence-corrected chi connectivity index (χ3v) is 6.43. The Hall–Kier alpha value is -3.17. The third-order valence-electron chi connectivity index (χ3n) is 6.20. The number of likely N-dealkylation sites (tertiary alicyclic amines) is 1. The number of imide groups is 1. The number of amides is 3. The molecule has 2 aliphatic rings. The standard InChI is InChI=1S/C24H22ClN3O3/c1-24(2,14-26)20-11-10-19(15-6-5-7-16(25)12-15)28(20)21(29)13-27-22(30)17-8-3-4-9-18(17)23(27)31/h3-9,12,19-20H,10-11,13H2,1-2H3/t19-,20+/m0/s1. The lowest BCUT2D eigenvalue weighted by molar-refractivity contribution is -0.136. The minimum atomic E-state index is -0.787. The number of fused-ring (bicyclic) bond motifs is 1. The van der Waals surface area contributed by atoms with Gasteiger partial charge in [-0.25, -0.2) is 0 Å². The molecule has 1 saturated heterocycles. The second-order valence-electron chi connectivity index (χ2n) is 8.54. The predicted octanol–water partition coefficient (Wildman–Crippen LogP) is 4.22. The van der Waals surface area contributed by atoms with Gasteiger partial charge in [-0.15, -0.1) is 0 Å². The SMILES string of the molecule is CC(C)(C#N)[C@H]1CC[C@@H](c2cccc(Cl)c2)N1C(=O)CN1C(=O)c2ccccc2C1=O. The molecule has 0 aromatic heterocycles. The van der Waals surface area contributed by atoms with Crippen LogP contribution in [0.3, 0.4) is 0 Å². The molecular weight excluding hydrogens is 414 g/mol. The Morgan fingerprint density at radius 1 is 1.10 bits per heavy atom. The van der Waals surface area contributed by atoms with Gasteiger partial charge in [-0.2, -0.15) is 5.26 Å². The van der Waals surface area contributed by atoms with Crippen LogP contribution in [0.25, 0.3) is 0 Å². The first kappa shape index (κ1) is 21.1. The maximum absolute atomic E-state index is 13.5. The average Bonchev–Trinajstić information content (AvgIpc) is 3.31. The lowest BCUT2D eigenvalue weighted by atomic mass is 9.84. The molecule has 0 N–H and O–H groups in total. The summed E-state index contributed by atoms with van der Waals surface area (Å²) in [5, 5.41) is 10.3.